The van der Waals surface area contributed by atoms with E-state index in [2.05, 4.69) is 70.0 Å². The van der Waals surface area contributed by atoms with Crippen molar-refractivity contribution in [1.29, 1.82) is 0 Å². The maximum atomic E-state index is 12.5. The number of rotatable bonds is 9. The maximum absolute atomic E-state index is 12.5. The van der Waals surface area contributed by atoms with E-state index in [0.29, 0.717) is 0 Å². The molecule has 0 atom stereocenters. The predicted octanol–water partition coefficient (Wildman–Crippen LogP) is 5.16. The Morgan fingerprint density at radius 1 is 1.03 bits per heavy atom. The molecule has 0 aliphatic carbocycles. The Labute approximate surface area is 189 Å². The first-order valence-electron chi connectivity index (χ1n) is 10.7. The number of anilines is 2. The lowest BCUT2D eigenvalue weighted by Gasteiger charge is -2.21. The quantitative estimate of drug-likeness (QED) is 0.469. The van der Waals surface area contributed by atoms with Crippen molar-refractivity contribution in [2.24, 2.45) is 0 Å². The Morgan fingerprint density at radius 2 is 1.74 bits per heavy atom. The highest BCUT2D eigenvalue weighted by Crippen LogP contribution is 2.26. The van der Waals surface area contributed by atoms with Crippen LogP contribution >= 0.6 is 11.8 Å². The fourth-order valence-corrected chi connectivity index (χ4v) is 4.29. The lowest BCUT2D eigenvalue weighted by molar-refractivity contribution is -0.113. The monoisotopic (exact) mass is 437 g/mol. The number of amides is 1. The summed E-state index contributed by atoms with van der Waals surface area (Å²) >= 11 is 1.41. The smallest absolute Gasteiger partial charge is 0.234 e. The number of nitrogens with one attached hydrogen (secondary N) is 1. The van der Waals surface area contributed by atoms with Crippen molar-refractivity contribution in [3.63, 3.8) is 0 Å². The Kier molecular flexibility index (Phi) is 7.74. The summed E-state index contributed by atoms with van der Waals surface area (Å²) in [6.07, 6.45) is 0. The zero-order chi connectivity index (χ0) is 22.4. The Hall–Kier alpha value is -2.80. The molecule has 1 aromatic heterocycles. The molecule has 31 heavy (non-hydrogen) atoms. The van der Waals surface area contributed by atoms with Gasteiger partial charge in [0.1, 0.15) is 0 Å². The van der Waals surface area contributed by atoms with Gasteiger partial charge in [-0.2, -0.15) is 0 Å². The van der Waals surface area contributed by atoms with Crippen LogP contribution < -0.4 is 10.2 Å². The predicted molar refractivity (Wildman–Crippen MR) is 130 cm³/mol. The van der Waals surface area contributed by atoms with E-state index >= 15 is 0 Å². The van der Waals surface area contributed by atoms with Crippen molar-refractivity contribution < 1.29 is 4.79 Å². The van der Waals surface area contributed by atoms with Crippen LogP contribution in [0.4, 0.5) is 11.4 Å². The maximum Gasteiger partial charge on any atom is 0.234 e. The molecule has 1 amide bonds. The minimum absolute atomic E-state index is 0.0468. The SMILES string of the molecule is CCN(CC)c1ccc(-c2nnc(SCC(=O)Nc3cc(C)ccc3C)n2CC)cc1. The van der Waals surface area contributed by atoms with Gasteiger partial charge in [-0.1, -0.05) is 23.9 Å². The molecule has 6 nitrogen and oxygen atoms in total. The van der Waals surface area contributed by atoms with Crippen LogP contribution in [0.5, 0.6) is 0 Å². The number of hydrogen-bond acceptors (Lipinski definition) is 5. The van der Waals surface area contributed by atoms with E-state index in [0.717, 1.165) is 53.0 Å². The molecule has 3 rings (SSSR count). The first-order chi connectivity index (χ1) is 15.0. The third-order valence-electron chi connectivity index (χ3n) is 5.29. The lowest BCUT2D eigenvalue weighted by Crippen LogP contribution is -2.21. The van der Waals surface area contributed by atoms with Crippen LogP contribution in [0.2, 0.25) is 0 Å². The molecule has 2 aromatic carbocycles. The van der Waals surface area contributed by atoms with E-state index in [1.807, 2.05) is 32.0 Å². The van der Waals surface area contributed by atoms with E-state index in [1.54, 1.807) is 0 Å². The minimum Gasteiger partial charge on any atom is -0.372 e. The second-order valence-corrected chi connectivity index (χ2v) is 8.37. The molecule has 1 N–H and O–H groups in total. The van der Waals surface area contributed by atoms with Crippen molar-refractivity contribution in [2.75, 3.05) is 29.1 Å². The fourth-order valence-electron chi connectivity index (χ4n) is 3.49. The molecule has 0 fully saturated rings. The highest BCUT2D eigenvalue weighted by molar-refractivity contribution is 7.99. The number of nitrogens with zero attached hydrogens (tertiary/aromatic N) is 4. The van der Waals surface area contributed by atoms with Gasteiger partial charge < -0.3 is 14.8 Å². The molecule has 0 radical (unpaired) electrons. The second-order valence-electron chi connectivity index (χ2n) is 7.42. The number of carbonyl (C=O) groups excluding carboxylic acids is 1. The molecule has 0 unspecified atom stereocenters. The highest BCUT2D eigenvalue weighted by Gasteiger charge is 2.15. The molecule has 0 saturated heterocycles. The van der Waals surface area contributed by atoms with Crippen LogP contribution in [0.3, 0.4) is 0 Å². The molecule has 0 aliphatic heterocycles. The molecular formula is C24H31N5OS. The Bertz CT molecular complexity index is 1020. The normalized spacial score (nSPS) is 10.9. The standard InChI is InChI=1S/C24H31N5OS/c1-6-28(7-2)20-13-11-19(12-14-20)23-26-27-24(29(23)8-3)31-16-22(30)25-21-15-17(4)9-10-18(21)5/h9-15H,6-8,16H2,1-5H3,(H,25,30). The van der Waals surface area contributed by atoms with E-state index in [-0.39, 0.29) is 11.7 Å². The molecule has 0 aliphatic rings. The summed E-state index contributed by atoms with van der Waals surface area (Å²) in [5.74, 6) is 1.06. The average Bonchev–Trinajstić information content (AvgIpc) is 3.19. The van der Waals surface area contributed by atoms with E-state index in [1.165, 1.54) is 17.4 Å². The van der Waals surface area contributed by atoms with Crippen LogP contribution in [-0.2, 0) is 11.3 Å². The Morgan fingerprint density at radius 3 is 2.39 bits per heavy atom. The van der Waals surface area contributed by atoms with Gasteiger partial charge in [0.15, 0.2) is 11.0 Å². The largest absolute Gasteiger partial charge is 0.372 e. The topological polar surface area (TPSA) is 63.1 Å². The summed E-state index contributed by atoms with van der Waals surface area (Å²) in [6.45, 7) is 13.1. The van der Waals surface area contributed by atoms with Gasteiger partial charge in [0, 0.05) is 36.6 Å². The molecule has 1 heterocycles. The van der Waals surface area contributed by atoms with Gasteiger partial charge in [0.05, 0.1) is 5.75 Å². The van der Waals surface area contributed by atoms with Crippen molar-refractivity contribution in [1.82, 2.24) is 14.8 Å². The van der Waals surface area contributed by atoms with Crippen molar-refractivity contribution in [3.05, 3.63) is 53.6 Å². The summed E-state index contributed by atoms with van der Waals surface area (Å²) in [6, 6.07) is 14.5. The number of benzene rings is 2. The first-order valence-corrected chi connectivity index (χ1v) is 11.7. The first kappa shape index (κ1) is 22.9. The summed E-state index contributed by atoms with van der Waals surface area (Å²) in [5.41, 5.74) is 5.26. The third-order valence-corrected chi connectivity index (χ3v) is 6.25. The molecular weight excluding hydrogens is 406 g/mol. The van der Waals surface area contributed by atoms with E-state index in [4.69, 9.17) is 0 Å². The minimum atomic E-state index is -0.0468. The van der Waals surface area contributed by atoms with Gasteiger partial charge in [-0.25, -0.2) is 0 Å². The van der Waals surface area contributed by atoms with Gasteiger partial charge in [0.2, 0.25) is 5.91 Å². The van der Waals surface area contributed by atoms with Gasteiger partial charge in [-0.05, 0) is 76.1 Å². The highest BCUT2D eigenvalue weighted by atomic mass is 32.2. The molecule has 0 spiro atoms. The number of carbonyl (C=O) groups is 1. The molecule has 7 heteroatoms. The molecule has 3 aromatic rings. The third kappa shape index (κ3) is 5.47. The van der Waals surface area contributed by atoms with Crippen LogP contribution in [0.25, 0.3) is 11.4 Å². The van der Waals surface area contributed by atoms with Gasteiger partial charge in [0.25, 0.3) is 0 Å². The van der Waals surface area contributed by atoms with Crippen molar-refractivity contribution in [3.8, 4) is 11.4 Å². The van der Waals surface area contributed by atoms with Crippen LogP contribution in [0.1, 0.15) is 31.9 Å². The number of aromatic nitrogens is 3. The van der Waals surface area contributed by atoms with Gasteiger partial charge >= 0.3 is 0 Å². The Balaban J connectivity index is 1.70. The molecule has 164 valence electrons. The number of aryl methyl sites for hydroxylation is 2. The summed E-state index contributed by atoms with van der Waals surface area (Å²) in [7, 11) is 0. The summed E-state index contributed by atoms with van der Waals surface area (Å²) in [5, 5.41) is 12.5. The summed E-state index contributed by atoms with van der Waals surface area (Å²) < 4.78 is 2.06. The second kappa shape index (κ2) is 10.5. The van der Waals surface area contributed by atoms with E-state index in [9.17, 15) is 4.79 Å². The van der Waals surface area contributed by atoms with E-state index < -0.39 is 0 Å². The van der Waals surface area contributed by atoms with Crippen molar-refractivity contribution in [2.45, 2.75) is 46.3 Å². The van der Waals surface area contributed by atoms with Gasteiger partial charge in [-0.3, -0.25) is 4.79 Å². The van der Waals surface area contributed by atoms with Crippen molar-refractivity contribution >= 4 is 29.0 Å². The lowest BCUT2D eigenvalue weighted by atomic mass is 10.1. The zero-order valence-corrected chi connectivity index (χ0v) is 19.8. The zero-order valence-electron chi connectivity index (χ0n) is 19.0. The average molecular weight is 438 g/mol. The fraction of sp³-hybridized carbons (Fsp3) is 0.375. The molecule has 0 saturated carbocycles. The molecule has 0 bridgehead atoms. The van der Waals surface area contributed by atoms with Gasteiger partial charge in [-0.15, -0.1) is 10.2 Å². The van der Waals surface area contributed by atoms with Crippen LogP contribution in [-0.4, -0.2) is 39.5 Å². The van der Waals surface area contributed by atoms with Crippen LogP contribution in [0, 0.1) is 13.8 Å². The number of thioether (sulfide) groups is 1. The van der Waals surface area contributed by atoms with Crippen LogP contribution in [0.15, 0.2) is 47.6 Å². The summed E-state index contributed by atoms with van der Waals surface area (Å²) in [4.78, 5) is 14.8. The number of hydrogen-bond donors (Lipinski definition) is 1.